The fourth-order valence-electron chi connectivity index (χ4n) is 5.70. The van der Waals surface area contributed by atoms with E-state index in [9.17, 15) is 0 Å². The molecule has 0 spiro atoms. The molecular weight excluding hydrogens is 330 g/mol. The number of nitrogens with one attached hydrogen (secondary N) is 2. The van der Waals surface area contributed by atoms with Gasteiger partial charge >= 0.3 is 0 Å². The van der Waals surface area contributed by atoms with Crippen LogP contribution in [0.1, 0.15) is 87.1 Å². The van der Waals surface area contributed by atoms with Gasteiger partial charge in [-0.2, -0.15) is 0 Å². The highest BCUT2D eigenvalue weighted by atomic mass is 15.1. The number of aromatic nitrogens is 1. The highest BCUT2D eigenvalue weighted by Crippen LogP contribution is 2.36. The highest BCUT2D eigenvalue weighted by molar-refractivity contribution is 5.85. The average molecular weight is 366 g/mol. The van der Waals surface area contributed by atoms with Gasteiger partial charge in [-0.3, -0.25) is 4.90 Å². The van der Waals surface area contributed by atoms with E-state index in [2.05, 4.69) is 33.4 Å². The van der Waals surface area contributed by atoms with Gasteiger partial charge in [-0.05, 0) is 81.3 Å². The molecule has 3 nitrogen and oxygen atoms in total. The maximum Gasteiger partial charge on any atom is 0.0478 e. The lowest BCUT2D eigenvalue weighted by Gasteiger charge is -2.31. The fraction of sp³-hybridized carbons (Fsp3) is 0.667. The molecule has 2 aliphatic carbocycles. The van der Waals surface area contributed by atoms with Gasteiger partial charge in [0.05, 0.1) is 0 Å². The molecule has 5 rings (SSSR count). The lowest BCUT2D eigenvalue weighted by atomic mass is 9.89. The summed E-state index contributed by atoms with van der Waals surface area (Å²) in [6, 6.07) is 8.44. The standard InChI is InChI=1S/C24H35N3/c1-3-8-19(9-4-1)25-23-11-7-10-20-21-16-18(12-13-22(21)26-24(20)23)17-27-14-5-2-6-15-27/h12-13,16,19,23,25-26H,1-11,14-15,17H2. The van der Waals surface area contributed by atoms with Crippen LogP contribution in [0.3, 0.4) is 0 Å². The Morgan fingerprint density at radius 3 is 2.59 bits per heavy atom. The Labute approximate surface area is 163 Å². The van der Waals surface area contributed by atoms with Crippen LogP contribution in [0.25, 0.3) is 10.9 Å². The minimum absolute atomic E-state index is 0.537. The molecule has 2 fully saturated rings. The first kappa shape index (κ1) is 17.8. The van der Waals surface area contributed by atoms with Crippen molar-refractivity contribution in [2.75, 3.05) is 13.1 Å². The SMILES string of the molecule is c1cc2[nH]c3c(c2cc1CN1CCCCC1)CCCC3NC1CCCCC1. The van der Waals surface area contributed by atoms with Crippen molar-refractivity contribution in [3.63, 3.8) is 0 Å². The predicted molar refractivity (Wildman–Crippen MR) is 113 cm³/mol. The number of rotatable bonds is 4. The molecule has 0 bridgehead atoms. The van der Waals surface area contributed by atoms with E-state index in [4.69, 9.17) is 0 Å². The average Bonchev–Trinajstić information content (AvgIpc) is 3.09. The number of fused-ring (bicyclic) bond motifs is 3. The minimum atomic E-state index is 0.537. The Balaban J connectivity index is 1.38. The normalized spacial score (nSPS) is 25.0. The molecule has 1 aromatic carbocycles. The molecule has 1 saturated carbocycles. The molecule has 2 aromatic rings. The number of likely N-dealkylation sites (tertiary alicyclic amines) is 1. The first-order valence-corrected chi connectivity index (χ1v) is 11.5. The van der Waals surface area contributed by atoms with E-state index >= 15 is 0 Å². The lowest BCUT2D eigenvalue weighted by molar-refractivity contribution is 0.221. The van der Waals surface area contributed by atoms with Crippen LogP contribution < -0.4 is 5.32 Å². The monoisotopic (exact) mass is 365 g/mol. The summed E-state index contributed by atoms with van der Waals surface area (Å²) in [5.41, 5.74) is 5.94. The Morgan fingerprint density at radius 1 is 0.926 bits per heavy atom. The number of hydrogen-bond donors (Lipinski definition) is 2. The van der Waals surface area contributed by atoms with Crippen LogP contribution in [0.4, 0.5) is 0 Å². The molecule has 1 atom stereocenters. The molecular formula is C24H35N3. The molecule has 1 aromatic heterocycles. The third-order valence-corrected chi connectivity index (χ3v) is 7.17. The van der Waals surface area contributed by atoms with E-state index < -0.39 is 0 Å². The summed E-state index contributed by atoms with van der Waals surface area (Å²) in [7, 11) is 0. The largest absolute Gasteiger partial charge is 0.357 e. The first-order chi connectivity index (χ1) is 13.4. The van der Waals surface area contributed by atoms with Gasteiger partial charge in [-0.1, -0.05) is 31.7 Å². The summed E-state index contributed by atoms with van der Waals surface area (Å²) in [5, 5.41) is 5.51. The first-order valence-electron chi connectivity index (χ1n) is 11.5. The Bertz CT molecular complexity index is 765. The van der Waals surface area contributed by atoms with Gasteiger partial charge < -0.3 is 10.3 Å². The van der Waals surface area contributed by atoms with Crippen molar-refractivity contribution in [2.24, 2.45) is 0 Å². The molecule has 1 unspecified atom stereocenters. The second kappa shape index (κ2) is 7.97. The van der Waals surface area contributed by atoms with Crippen LogP contribution in [0.15, 0.2) is 18.2 Å². The van der Waals surface area contributed by atoms with Gasteiger partial charge in [-0.15, -0.1) is 0 Å². The molecule has 3 heteroatoms. The number of aromatic amines is 1. The van der Waals surface area contributed by atoms with Gasteiger partial charge in [0.1, 0.15) is 0 Å². The number of aryl methyl sites for hydroxylation is 1. The predicted octanol–water partition coefficient (Wildman–Crippen LogP) is 5.45. The van der Waals surface area contributed by atoms with Crippen LogP contribution in [-0.4, -0.2) is 29.0 Å². The van der Waals surface area contributed by atoms with Crippen LogP contribution >= 0.6 is 0 Å². The van der Waals surface area contributed by atoms with E-state index in [1.54, 1.807) is 5.56 Å². The number of hydrogen-bond acceptors (Lipinski definition) is 2. The molecule has 2 N–H and O–H groups in total. The lowest BCUT2D eigenvalue weighted by Crippen LogP contribution is -2.36. The summed E-state index contributed by atoms with van der Waals surface area (Å²) in [5.74, 6) is 0. The van der Waals surface area contributed by atoms with Crippen LogP contribution in [0.2, 0.25) is 0 Å². The second-order valence-electron chi connectivity index (χ2n) is 9.18. The van der Waals surface area contributed by atoms with Gasteiger partial charge in [0.2, 0.25) is 0 Å². The Hall–Kier alpha value is -1.32. The van der Waals surface area contributed by atoms with Crippen molar-refractivity contribution in [3.8, 4) is 0 Å². The summed E-state index contributed by atoms with van der Waals surface area (Å²) in [6.07, 6.45) is 15.0. The summed E-state index contributed by atoms with van der Waals surface area (Å²) in [6.45, 7) is 3.67. The Kier molecular flexibility index (Phi) is 5.24. The van der Waals surface area contributed by atoms with Crippen molar-refractivity contribution in [1.82, 2.24) is 15.2 Å². The summed E-state index contributed by atoms with van der Waals surface area (Å²) < 4.78 is 0. The van der Waals surface area contributed by atoms with E-state index in [1.165, 1.54) is 106 Å². The number of benzene rings is 1. The molecule has 0 radical (unpaired) electrons. The second-order valence-corrected chi connectivity index (χ2v) is 9.18. The molecule has 1 saturated heterocycles. The maximum absolute atomic E-state index is 4.02. The number of piperidine rings is 1. The van der Waals surface area contributed by atoms with Gasteiger partial charge in [0.25, 0.3) is 0 Å². The topological polar surface area (TPSA) is 31.1 Å². The van der Waals surface area contributed by atoms with E-state index in [0.717, 1.165) is 12.6 Å². The zero-order chi connectivity index (χ0) is 18.1. The van der Waals surface area contributed by atoms with Crippen molar-refractivity contribution >= 4 is 10.9 Å². The maximum atomic E-state index is 4.02. The van der Waals surface area contributed by atoms with E-state index in [1.807, 2.05) is 0 Å². The van der Waals surface area contributed by atoms with Gasteiger partial charge in [-0.25, -0.2) is 0 Å². The van der Waals surface area contributed by atoms with Crippen molar-refractivity contribution < 1.29 is 0 Å². The molecule has 146 valence electrons. The number of nitrogens with zero attached hydrogens (tertiary/aromatic N) is 1. The molecule has 27 heavy (non-hydrogen) atoms. The van der Waals surface area contributed by atoms with E-state index in [0.29, 0.717) is 6.04 Å². The van der Waals surface area contributed by atoms with Crippen molar-refractivity contribution in [3.05, 3.63) is 35.0 Å². The third kappa shape index (κ3) is 3.82. The summed E-state index contributed by atoms with van der Waals surface area (Å²) >= 11 is 0. The smallest absolute Gasteiger partial charge is 0.0478 e. The zero-order valence-corrected chi connectivity index (χ0v) is 16.7. The van der Waals surface area contributed by atoms with Crippen LogP contribution in [-0.2, 0) is 13.0 Å². The Morgan fingerprint density at radius 2 is 1.74 bits per heavy atom. The van der Waals surface area contributed by atoms with Crippen molar-refractivity contribution in [2.45, 2.75) is 89.3 Å². The quantitative estimate of drug-likeness (QED) is 0.754. The van der Waals surface area contributed by atoms with Gasteiger partial charge in [0.15, 0.2) is 0 Å². The fourth-order valence-corrected chi connectivity index (χ4v) is 5.70. The highest BCUT2D eigenvalue weighted by Gasteiger charge is 2.27. The third-order valence-electron chi connectivity index (χ3n) is 7.17. The van der Waals surface area contributed by atoms with Crippen molar-refractivity contribution in [1.29, 1.82) is 0 Å². The molecule has 2 heterocycles. The van der Waals surface area contributed by atoms with Gasteiger partial charge in [0, 0.05) is 35.2 Å². The number of H-pyrrole nitrogens is 1. The zero-order valence-electron chi connectivity index (χ0n) is 16.7. The minimum Gasteiger partial charge on any atom is -0.357 e. The molecule has 0 amide bonds. The molecule has 3 aliphatic rings. The molecule has 1 aliphatic heterocycles. The van der Waals surface area contributed by atoms with E-state index in [-0.39, 0.29) is 0 Å². The summed E-state index contributed by atoms with van der Waals surface area (Å²) in [4.78, 5) is 6.45. The van der Waals surface area contributed by atoms with Crippen LogP contribution in [0, 0.1) is 0 Å². The van der Waals surface area contributed by atoms with Crippen LogP contribution in [0.5, 0.6) is 0 Å².